The molecule has 4 heteroatoms. The summed E-state index contributed by atoms with van der Waals surface area (Å²) >= 11 is 3.47. The fourth-order valence-electron chi connectivity index (χ4n) is 2.12. The van der Waals surface area contributed by atoms with Crippen molar-refractivity contribution in [3.63, 3.8) is 0 Å². The topological polar surface area (TPSA) is 44.5 Å². The van der Waals surface area contributed by atoms with Crippen LogP contribution in [0.25, 0.3) is 0 Å². The van der Waals surface area contributed by atoms with E-state index in [0.29, 0.717) is 0 Å². The Morgan fingerprint density at radius 3 is 2.25 bits per heavy atom. The molecule has 1 fully saturated rings. The molecule has 1 aromatic carbocycles. The van der Waals surface area contributed by atoms with Crippen molar-refractivity contribution in [1.82, 2.24) is 0 Å². The molecule has 2 rings (SSSR count). The quantitative estimate of drug-likeness (QED) is 0.929. The van der Waals surface area contributed by atoms with Crippen LogP contribution < -0.4 is 15.2 Å². The highest BCUT2D eigenvalue weighted by Gasteiger charge is 2.44. The van der Waals surface area contributed by atoms with Gasteiger partial charge in [-0.3, -0.25) is 0 Å². The van der Waals surface area contributed by atoms with Crippen LogP contribution in [0.5, 0.6) is 11.5 Å². The van der Waals surface area contributed by atoms with E-state index in [-0.39, 0.29) is 5.54 Å². The van der Waals surface area contributed by atoms with E-state index in [1.54, 1.807) is 14.2 Å². The van der Waals surface area contributed by atoms with Crippen LogP contribution in [0.3, 0.4) is 0 Å². The molecule has 0 unspecified atom stereocenters. The lowest BCUT2D eigenvalue weighted by atomic mass is 9.98. The van der Waals surface area contributed by atoms with E-state index < -0.39 is 0 Å². The third-order valence-corrected chi connectivity index (χ3v) is 3.67. The molecule has 2 N–H and O–H groups in total. The van der Waals surface area contributed by atoms with Gasteiger partial charge in [-0.1, -0.05) is 0 Å². The summed E-state index contributed by atoms with van der Waals surface area (Å²) in [6, 6.07) is 2.03. The average molecular weight is 286 g/mol. The number of ether oxygens (including phenoxy) is 2. The molecule has 0 atom stereocenters. The number of hydrogen-bond acceptors (Lipinski definition) is 3. The van der Waals surface area contributed by atoms with Gasteiger partial charge in [0.05, 0.1) is 18.7 Å². The first-order chi connectivity index (χ1) is 7.53. The Labute approximate surface area is 104 Å². The molecule has 1 aliphatic carbocycles. The highest BCUT2D eigenvalue weighted by molar-refractivity contribution is 9.10. The minimum atomic E-state index is -0.219. The maximum Gasteiger partial charge on any atom is 0.175 e. The molecule has 88 valence electrons. The van der Waals surface area contributed by atoms with Crippen molar-refractivity contribution in [2.24, 2.45) is 5.73 Å². The molecule has 0 aliphatic heterocycles. The minimum absolute atomic E-state index is 0.219. The van der Waals surface area contributed by atoms with Crippen molar-refractivity contribution < 1.29 is 9.47 Å². The van der Waals surface area contributed by atoms with Crippen LogP contribution in [0.2, 0.25) is 0 Å². The molecule has 0 radical (unpaired) electrons. The maximum absolute atomic E-state index is 6.27. The Kier molecular flexibility index (Phi) is 2.88. The van der Waals surface area contributed by atoms with Crippen molar-refractivity contribution in [3.8, 4) is 11.5 Å². The highest BCUT2D eigenvalue weighted by atomic mass is 79.9. The minimum Gasteiger partial charge on any atom is -0.492 e. The smallest absolute Gasteiger partial charge is 0.175 e. The number of rotatable bonds is 3. The first kappa shape index (κ1) is 11.7. The van der Waals surface area contributed by atoms with Crippen molar-refractivity contribution in [3.05, 3.63) is 21.7 Å². The van der Waals surface area contributed by atoms with Gasteiger partial charge in [0.1, 0.15) is 0 Å². The fraction of sp³-hybridized carbons (Fsp3) is 0.500. The second-order valence-corrected chi connectivity index (χ2v) is 5.13. The zero-order chi connectivity index (χ0) is 11.9. The van der Waals surface area contributed by atoms with Gasteiger partial charge in [0.2, 0.25) is 0 Å². The van der Waals surface area contributed by atoms with Crippen molar-refractivity contribution in [2.75, 3.05) is 14.2 Å². The van der Waals surface area contributed by atoms with E-state index in [4.69, 9.17) is 15.2 Å². The summed E-state index contributed by atoms with van der Waals surface area (Å²) in [5, 5.41) is 0. The van der Waals surface area contributed by atoms with E-state index in [1.807, 2.05) is 6.07 Å². The standard InChI is InChI=1S/C12H16BrNO2/c1-7-6-8(13)10(15-2)11(16-3)9(7)12(14)4-5-12/h6H,4-5,14H2,1-3H3. The maximum atomic E-state index is 6.27. The lowest BCUT2D eigenvalue weighted by Gasteiger charge is -2.20. The Morgan fingerprint density at radius 2 is 1.81 bits per heavy atom. The molecule has 0 spiro atoms. The van der Waals surface area contributed by atoms with Gasteiger partial charge in [0.25, 0.3) is 0 Å². The largest absolute Gasteiger partial charge is 0.492 e. The van der Waals surface area contributed by atoms with Crippen LogP contribution >= 0.6 is 15.9 Å². The lowest BCUT2D eigenvalue weighted by Crippen LogP contribution is -2.21. The van der Waals surface area contributed by atoms with E-state index in [9.17, 15) is 0 Å². The third kappa shape index (κ3) is 1.70. The van der Waals surface area contributed by atoms with Crippen LogP contribution in [0.1, 0.15) is 24.0 Å². The van der Waals surface area contributed by atoms with Crippen LogP contribution in [0.15, 0.2) is 10.5 Å². The molecule has 3 nitrogen and oxygen atoms in total. The number of aryl methyl sites for hydroxylation is 1. The first-order valence-electron chi connectivity index (χ1n) is 5.24. The monoisotopic (exact) mass is 285 g/mol. The summed E-state index contributed by atoms with van der Waals surface area (Å²) in [6.07, 6.45) is 2.02. The number of hydrogen-bond donors (Lipinski definition) is 1. The zero-order valence-electron chi connectivity index (χ0n) is 9.76. The third-order valence-electron chi connectivity index (χ3n) is 3.08. The van der Waals surface area contributed by atoms with Gasteiger partial charge in [-0.2, -0.15) is 0 Å². The molecular formula is C12H16BrNO2. The molecular weight excluding hydrogens is 270 g/mol. The molecule has 0 bridgehead atoms. The average Bonchev–Trinajstić information content (AvgIpc) is 2.95. The Morgan fingerprint density at radius 1 is 1.25 bits per heavy atom. The van der Waals surface area contributed by atoms with Crippen LogP contribution in [0.4, 0.5) is 0 Å². The van der Waals surface area contributed by atoms with E-state index >= 15 is 0 Å². The van der Waals surface area contributed by atoms with Crippen molar-refractivity contribution in [2.45, 2.75) is 25.3 Å². The van der Waals surface area contributed by atoms with Crippen LogP contribution in [0, 0.1) is 6.92 Å². The Hall–Kier alpha value is -0.740. The number of benzene rings is 1. The summed E-state index contributed by atoms with van der Waals surface area (Å²) in [4.78, 5) is 0. The van der Waals surface area contributed by atoms with Crippen LogP contribution in [-0.4, -0.2) is 14.2 Å². The normalized spacial score (nSPS) is 17.1. The summed E-state index contributed by atoms with van der Waals surface area (Å²) in [5.41, 5.74) is 8.27. The van der Waals surface area contributed by atoms with Gasteiger partial charge < -0.3 is 15.2 Å². The molecule has 1 aliphatic rings. The second kappa shape index (κ2) is 3.93. The molecule has 16 heavy (non-hydrogen) atoms. The lowest BCUT2D eigenvalue weighted by molar-refractivity contribution is 0.346. The van der Waals surface area contributed by atoms with Crippen molar-refractivity contribution >= 4 is 15.9 Å². The summed E-state index contributed by atoms with van der Waals surface area (Å²) in [5.74, 6) is 1.48. The van der Waals surface area contributed by atoms with Gasteiger partial charge in [0.15, 0.2) is 11.5 Å². The molecule has 0 saturated heterocycles. The van der Waals surface area contributed by atoms with Gasteiger partial charge in [-0.25, -0.2) is 0 Å². The molecule has 0 aromatic heterocycles. The molecule has 0 heterocycles. The SMILES string of the molecule is COc1c(Br)cc(C)c(C2(N)CC2)c1OC. The Bertz CT molecular complexity index is 428. The molecule has 1 aromatic rings. The predicted molar refractivity (Wildman–Crippen MR) is 67.1 cm³/mol. The Balaban J connectivity index is 2.66. The summed E-state index contributed by atoms with van der Waals surface area (Å²) in [6.45, 7) is 2.05. The zero-order valence-corrected chi connectivity index (χ0v) is 11.3. The van der Waals surface area contributed by atoms with Gasteiger partial charge in [-0.05, 0) is 47.3 Å². The second-order valence-electron chi connectivity index (χ2n) is 4.27. The summed E-state index contributed by atoms with van der Waals surface area (Å²) in [7, 11) is 3.29. The van der Waals surface area contributed by atoms with E-state index in [0.717, 1.165) is 39.9 Å². The van der Waals surface area contributed by atoms with Crippen LogP contribution in [-0.2, 0) is 5.54 Å². The highest BCUT2D eigenvalue weighted by Crippen LogP contribution is 2.52. The fourth-order valence-corrected chi connectivity index (χ4v) is 2.80. The van der Waals surface area contributed by atoms with Gasteiger partial charge >= 0.3 is 0 Å². The predicted octanol–water partition coefficient (Wildman–Crippen LogP) is 2.72. The van der Waals surface area contributed by atoms with E-state index in [2.05, 4.69) is 22.9 Å². The number of halogens is 1. The number of nitrogens with two attached hydrogens (primary N) is 1. The van der Waals surface area contributed by atoms with E-state index in [1.165, 1.54) is 0 Å². The van der Waals surface area contributed by atoms with Gasteiger partial charge in [-0.15, -0.1) is 0 Å². The van der Waals surface area contributed by atoms with Gasteiger partial charge in [0, 0.05) is 11.1 Å². The molecule has 0 amide bonds. The number of methoxy groups -OCH3 is 2. The summed E-state index contributed by atoms with van der Waals surface area (Å²) < 4.78 is 11.7. The molecule has 1 saturated carbocycles. The first-order valence-corrected chi connectivity index (χ1v) is 6.03. The van der Waals surface area contributed by atoms with Crippen molar-refractivity contribution in [1.29, 1.82) is 0 Å².